The molecule has 3 aromatic carbocycles. The number of fused-ring (bicyclic) bond motifs is 2. The van der Waals surface area contributed by atoms with Gasteiger partial charge < -0.3 is 14.2 Å². The number of rotatable bonds is 4. The van der Waals surface area contributed by atoms with Gasteiger partial charge in [-0.05, 0) is 23.8 Å². The normalized spacial score (nSPS) is 26.2. The minimum absolute atomic E-state index is 0.185. The van der Waals surface area contributed by atoms with E-state index in [0.717, 1.165) is 4.90 Å². The van der Waals surface area contributed by atoms with Crippen molar-refractivity contribution in [1.29, 1.82) is 0 Å². The third-order valence-corrected chi connectivity index (χ3v) is 7.32. The number of anilines is 1. The van der Waals surface area contributed by atoms with E-state index in [4.69, 9.17) is 14.2 Å². The average Bonchev–Trinajstić information content (AvgIpc) is 3.42. The van der Waals surface area contributed by atoms with Crippen molar-refractivity contribution in [2.24, 2.45) is 11.8 Å². The number of nitrogens with one attached hydrogen (secondary N) is 1. The fourth-order valence-electron chi connectivity index (χ4n) is 5.76. The molecule has 8 nitrogen and oxygen atoms in total. The fourth-order valence-corrected chi connectivity index (χ4v) is 5.76. The zero-order chi connectivity index (χ0) is 25.7. The first-order valence-corrected chi connectivity index (χ1v) is 11.9. The van der Waals surface area contributed by atoms with Gasteiger partial charge in [0.05, 0.1) is 24.6 Å². The lowest BCUT2D eigenvalue weighted by Gasteiger charge is -2.33. The lowest BCUT2D eigenvalue weighted by atomic mass is 9.75. The maximum absolute atomic E-state index is 15.1. The molecular weight excluding hydrogens is 479 g/mol. The summed E-state index contributed by atoms with van der Waals surface area (Å²) >= 11 is 0. The van der Waals surface area contributed by atoms with Gasteiger partial charge in [0.25, 0.3) is 0 Å². The van der Waals surface area contributed by atoms with E-state index in [1.54, 1.807) is 66.7 Å². The quantitative estimate of drug-likeness (QED) is 0.433. The van der Waals surface area contributed by atoms with Crippen LogP contribution >= 0.6 is 0 Å². The molecule has 1 N–H and O–H groups in total. The Balaban J connectivity index is 1.54. The SMILES string of the molecule is COC(=O)[C@]1(c2ccccc2)N[C@H](c2ccccc2F)[C@@H]2C(=O)N(c3ccc4c(c3)OCCO4)C(=O)[C@@H]21. The predicted octanol–water partition coefficient (Wildman–Crippen LogP) is 3.12. The topological polar surface area (TPSA) is 94.2 Å². The Bertz CT molecular complexity index is 1410. The molecule has 0 saturated carbocycles. The number of carbonyl (C=O) groups is 3. The third kappa shape index (κ3) is 3.34. The van der Waals surface area contributed by atoms with Crippen LogP contribution in [0.15, 0.2) is 72.8 Å². The van der Waals surface area contributed by atoms with Crippen molar-refractivity contribution in [2.45, 2.75) is 11.6 Å². The summed E-state index contributed by atoms with van der Waals surface area (Å²) in [5, 5.41) is 3.19. The second-order valence-electron chi connectivity index (χ2n) is 9.15. The van der Waals surface area contributed by atoms with Crippen molar-refractivity contribution in [2.75, 3.05) is 25.2 Å². The van der Waals surface area contributed by atoms with Crippen molar-refractivity contribution < 1.29 is 33.0 Å². The van der Waals surface area contributed by atoms with Crippen molar-refractivity contribution in [3.8, 4) is 11.5 Å². The number of hydrogen-bond acceptors (Lipinski definition) is 7. The lowest BCUT2D eigenvalue weighted by Crippen LogP contribution is -2.53. The Labute approximate surface area is 211 Å². The van der Waals surface area contributed by atoms with Crippen LogP contribution in [0.4, 0.5) is 10.1 Å². The molecule has 188 valence electrons. The summed E-state index contributed by atoms with van der Waals surface area (Å²) in [6.45, 7) is 0.731. The molecule has 0 radical (unpaired) electrons. The summed E-state index contributed by atoms with van der Waals surface area (Å²) in [5.74, 6) is -3.77. The van der Waals surface area contributed by atoms with Gasteiger partial charge in [0.1, 0.15) is 19.0 Å². The van der Waals surface area contributed by atoms with Crippen LogP contribution in [-0.4, -0.2) is 38.1 Å². The van der Waals surface area contributed by atoms with E-state index in [-0.39, 0.29) is 11.3 Å². The van der Waals surface area contributed by atoms with Crippen LogP contribution in [-0.2, 0) is 24.7 Å². The smallest absolute Gasteiger partial charge is 0.331 e. The summed E-state index contributed by atoms with van der Waals surface area (Å²) in [6.07, 6.45) is 0. The van der Waals surface area contributed by atoms with E-state index in [0.29, 0.717) is 30.3 Å². The number of ether oxygens (including phenoxy) is 3. The maximum Gasteiger partial charge on any atom is 0.331 e. The Hall–Kier alpha value is -4.24. The van der Waals surface area contributed by atoms with Crippen LogP contribution in [0.25, 0.3) is 0 Å². The first-order chi connectivity index (χ1) is 18.0. The van der Waals surface area contributed by atoms with Crippen LogP contribution in [0.5, 0.6) is 11.5 Å². The molecule has 0 spiro atoms. The minimum Gasteiger partial charge on any atom is -0.486 e. The van der Waals surface area contributed by atoms with Crippen LogP contribution in [0.3, 0.4) is 0 Å². The lowest BCUT2D eigenvalue weighted by molar-refractivity contribution is -0.152. The fraction of sp³-hybridized carbons (Fsp3) is 0.250. The zero-order valence-corrected chi connectivity index (χ0v) is 19.8. The first-order valence-electron chi connectivity index (χ1n) is 11.9. The van der Waals surface area contributed by atoms with Crippen LogP contribution in [0.1, 0.15) is 17.2 Å². The van der Waals surface area contributed by atoms with E-state index in [9.17, 15) is 14.4 Å². The molecule has 2 saturated heterocycles. The molecule has 3 aliphatic heterocycles. The molecule has 0 bridgehead atoms. The molecule has 2 amide bonds. The summed E-state index contributed by atoms with van der Waals surface area (Å²) in [6, 6.07) is 18.5. The average molecular weight is 502 g/mol. The molecule has 4 atom stereocenters. The van der Waals surface area contributed by atoms with E-state index in [1.807, 2.05) is 0 Å². The van der Waals surface area contributed by atoms with Gasteiger partial charge in [-0.15, -0.1) is 0 Å². The largest absolute Gasteiger partial charge is 0.486 e. The standard InChI is InChI=1S/C28H23FN2O6/c1-35-27(34)28(16-7-3-2-4-8-16)23-22(24(30-28)18-9-5-6-10-19(18)29)25(32)31(26(23)33)17-11-12-20-21(15-17)37-14-13-36-20/h2-12,15,22-24,30H,13-14H2,1H3/t22-,23-,24-,28-/m1/s1. The second-order valence-corrected chi connectivity index (χ2v) is 9.15. The molecule has 6 rings (SSSR count). The summed E-state index contributed by atoms with van der Waals surface area (Å²) in [7, 11) is 1.22. The number of halogens is 1. The van der Waals surface area contributed by atoms with Gasteiger partial charge >= 0.3 is 5.97 Å². The second kappa shape index (κ2) is 8.70. The van der Waals surface area contributed by atoms with E-state index >= 15 is 4.39 Å². The van der Waals surface area contributed by atoms with Gasteiger partial charge in [-0.3, -0.25) is 14.9 Å². The third-order valence-electron chi connectivity index (χ3n) is 7.32. The van der Waals surface area contributed by atoms with Crippen LogP contribution < -0.4 is 19.7 Å². The highest BCUT2D eigenvalue weighted by Gasteiger charge is 2.70. The van der Waals surface area contributed by atoms with Crippen molar-refractivity contribution in [3.63, 3.8) is 0 Å². The molecule has 0 aromatic heterocycles. The Morgan fingerprint density at radius 2 is 1.68 bits per heavy atom. The van der Waals surface area contributed by atoms with Gasteiger partial charge in [-0.2, -0.15) is 0 Å². The molecular formula is C28H23FN2O6. The van der Waals surface area contributed by atoms with Gasteiger partial charge in [-0.1, -0.05) is 48.5 Å². The number of amides is 2. The highest BCUT2D eigenvalue weighted by atomic mass is 19.1. The van der Waals surface area contributed by atoms with Gasteiger partial charge in [-0.25, -0.2) is 14.1 Å². The monoisotopic (exact) mass is 502 g/mol. The molecule has 0 unspecified atom stereocenters. The number of esters is 1. The predicted molar refractivity (Wildman–Crippen MR) is 129 cm³/mol. The number of hydrogen-bond donors (Lipinski definition) is 1. The number of imide groups is 1. The van der Waals surface area contributed by atoms with Crippen LogP contribution in [0, 0.1) is 17.7 Å². The Morgan fingerprint density at radius 1 is 0.973 bits per heavy atom. The van der Waals surface area contributed by atoms with Gasteiger partial charge in [0, 0.05) is 17.7 Å². The summed E-state index contributed by atoms with van der Waals surface area (Å²) < 4.78 is 31.5. The minimum atomic E-state index is -1.72. The molecule has 0 aliphatic carbocycles. The number of carbonyl (C=O) groups excluding carboxylic acids is 3. The van der Waals surface area contributed by atoms with E-state index in [2.05, 4.69) is 5.32 Å². The van der Waals surface area contributed by atoms with Gasteiger partial charge in [0.2, 0.25) is 11.8 Å². The molecule has 37 heavy (non-hydrogen) atoms. The van der Waals surface area contributed by atoms with Crippen molar-refractivity contribution in [1.82, 2.24) is 5.32 Å². The summed E-state index contributed by atoms with van der Waals surface area (Å²) in [4.78, 5) is 42.7. The van der Waals surface area contributed by atoms with Crippen molar-refractivity contribution in [3.05, 3.63) is 89.7 Å². The molecule has 3 aliphatic rings. The highest BCUT2D eigenvalue weighted by Crippen LogP contribution is 2.54. The van der Waals surface area contributed by atoms with E-state index in [1.165, 1.54) is 13.2 Å². The maximum atomic E-state index is 15.1. The molecule has 2 fully saturated rings. The first kappa shape index (κ1) is 23.2. The highest BCUT2D eigenvalue weighted by molar-refractivity contribution is 6.24. The summed E-state index contributed by atoms with van der Waals surface area (Å²) in [5.41, 5.74) is -0.804. The number of benzene rings is 3. The Kier molecular flexibility index (Phi) is 5.45. The van der Waals surface area contributed by atoms with Crippen molar-refractivity contribution >= 4 is 23.5 Å². The zero-order valence-electron chi connectivity index (χ0n) is 19.8. The number of nitrogens with zero attached hydrogens (tertiary/aromatic N) is 1. The Morgan fingerprint density at radius 3 is 2.41 bits per heavy atom. The molecule has 9 heteroatoms. The molecule has 3 heterocycles. The number of methoxy groups -OCH3 is 1. The van der Waals surface area contributed by atoms with Crippen LogP contribution in [0.2, 0.25) is 0 Å². The van der Waals surface area contributed by atoms with Gasteiger partial charge in [0.15, 0.2) is 17.0 Å². The van der Waals surface area contributed by atoms with E-state index < -0.39 is 47.0 Å². The molecule has 3 aromatic rings.